The summed E-state index contributed by atoms with van der Waals surface area (Å²) in [5.41, 5.74) is 6.53. The number of phosphoric ester groups is 1. The van der Waals surface area contributed by atoms with Crippen LogP contribution < -0.4 is 32.8 Å². The first kappa shape index (κ1) is 35.1. The van der Waals surface area contributed by atoms with E-state index in [0.717, 1.165) is 33.4 Å². The van der Waals surface area contributed by atoms with Gasteiger partial charge in [-0.3, -0.25) is 0 Å². The monoisotopic (exact) mass is 616 g/mol. The molecule has 232 valence electrons. The van der Waals surface area contributed by atoms with Crippen LogP contribution in [0.1, 0.15) is 114 Å². The fourth-order valence-corrected chi connectivity index (χ4v) is 7.10. The van der Waals surface area contributed by atoms with Crippen molar-refractivity contribution in [1.82, 2.24) is 0 Å². The molecule has 0 saturated heterocycles. The summed E-state index contributed by atoms with van der Waals surface area (Å²) in [4.78, 5) is 13.7. The first-order chi connectivity index (χ1) is 20.3. The Bertz CT molecular complexity index is 1600. The summed E-state index contributed by atoms with van der Waals surface area (Å²) >= 11 is 0. The molecular formula is C39H46LiO4P. The van der Waals surface area contributed by atoms with E-state index >= 15 is 0 Å². The number of hydrogen-bond acceptors (Lipinski definition) is 4. The van der Waals surface area contributed by atoms with E-state index in [4.69, 9.17) is 9.05 Å². The van der Waals surface area contributed by atoms with Crippen LogP contribution in [0.2, 0.25) is 0 Å². The molecule has 0 spiro atoms. The molecule has 4 nitrogen and oxygen atoms in total. The van der Waals surface area contributed by atoms with Crippen LogP contribution in [-0.4, -0.2) is 0 Å². The summed E-state index contributed by atoms with van der Waals surface area (Å²) in [5.74, 6) is 0.748. The van der Waals surface area contributed by atoms with Crippen LogP contribution in [0.4, 0.5) is 0 Å². The fraction of sp³-hybridized carbons (Fsp3) is 0.385. The first-order valence-corrected chi connectivity index (χ1v) is 16.9. The second-order valence-corrected chi connectivity index (χ2v) is 16.6. The summed E-state index contributed by atoms with van der Waals surface area (Å²) in [6, 6.07) is 29.4. The molecule has 0 radical (unpaired) electrons. The third-order valence-corrected chi connectivity index (χ3v) is 9.98. The van der Waals surface area contributed by atoms with Gasteiger partial charge in [-0.2, -0.15) is 0 Å². The molecule has 5 rings (SSSR count). The fourth-order valence-electron chi connectivity index (χ4n) is 6.18. The van der Waals surface area contributed by atoms with Gasteiger partial charge in [-0.15, -0.1) is 0 Å². The quantitative estimate of drug-likeness (QED) is 0.188. The Hall–Kier alpha value is -2.73. The molecule has 0 N–H and O–H groups in total. The van der Waals surface area contributed by atoms with Gasteiger partial charge in [-0.05, 0) is 44.2 Å². The zero-order chi connectivity index (χ0) is 32.3. The van der Waals surface area contributed by atoms with Crippen molar-refractivity contribution in [3.8, 4) is 11.5 Å². The Labute approximate surface area is 282 Å². The Morgan fingerprint density at radius 1 is 0.556 bits per heavy atom. The summed E-state index contributed by atoms with van der Waals surface area (Å²) in [5, 5.41) is 0. The first-order valence-electron chi connectivity index (χ1n) is 15.5. The van der Waals surface area contributed by atoms with Crippen LogP contribution in [0.3, 0.4) is 0 Å². The van der Waals surface area contributed by atoms with Gasteiger partial charge >= 0.3 is 26.7 Å². The molecule has 0 fully saturated rings. The van der Waals surface area contributed by atoms with E-state index < -0.39 is 7.82 Å². The molecule has 0 bridgehead atoms. The van der Waals surface area contributed by atoms with E-state index in [-0.39, 0.29) is 40.5 Å². The van der Waals surface area contributed by atoms with Crippen LogP contribution in [0.5, 0.6) is 11.5 Å². The topological polar surface area (TPSA) is 58.6 Å². The zero-order valence-corrected chi connectivity index (χ0v) is 29.8. The molecule has 1 aliphatic heterocycles. The number of phosphoric acid groups is 1. The second-order valence-electron chi connectivity index (χ2n) is 15.3. The number of hydrogen-bond donors (Lipinski definition) is 0. The Kier molecular flexibility index (Phi) is 9.47. The molecule has 1 heterocycles. The SMILES string of the molecule is CC(C)(C)c1cc(C(C)(C)c2ccccc2)cc2c1OP(=O)([O-])Oc1c(cc(C(C)(C)c3ccccc3)cc1C(C)(C)C)C2.[Li+]. The molecule has 0 amide bonds. The standard InChI is InChI=1S/C39H47O4P.Li/c1-36(2,3)32-24-30(38(7,8)28-17-13-11-14-18-28)22-26-21-27-23-31(39(9,10)29-19-15-12-16-20-29)25-33(37(4,5)6)35(27)43-44(40,41)42-34(26)32;/h11-20,22-25H,21H2,1-10H3,(H,40,41);/q;+1/p-1. The van der Waals surface area contributed by atoms with E-state index in [9.17, 15) is 9.46 Å². The molecule has 0 unspecified atom stereocenters. The maximum absolute atomic E-state index is 13.7. The maximum Gasteiger partial charge on any atom is 1.00 e. The third kappa shape index (κ3) is 7.01. The molecule has 4 aromatic rings. The van der Waals surface area contributed by atoms with E-state index in [0.29, 0.717) is 17.9 Å². The molecule has 45 heavy (non-hydrogen) atoms. The molecule has 4 aromatic carbocycles. The summed E-state index contributed by atoms with van der Waals surface area (Å²) in [7, 11) is -4.79. The average Bonchev–Trinajstić information content (AvgIpc) is 2.93. The predicted molar refractivity (Wildman–Crippen MR) is 179 cm³/mol. The van der Waals surface area contributed by atoms with Crippen molar-refractivity contribution in [2.75, 3.05) is 0 Å². The molecule has 0 atom stereocenters. The Balaban J connectivity index is 0.00000461. The van der Waals surface area contributed by atoms with E-state index in [1.165, 1.54) is 11.1 Å². The summed E-state index contributed by atoms with van der Waals surface area (Å²) in [6.07, 6.45) is 0.467. The smallest absolute Gasteiger partial charge is 0.736 e. The maximum atomic E-state index is 13.7. The van der Waals surface area contributed by atoms with Gasteiger partial charge in [0, 0.05) is 28.4 Å². The van der Waals surface area contributed by atoms with Crippen molar-refractivity contribution in [2.45, 2.75) is 97.3 Å². The van der Waals surface area contributed by atoms with Gasteiger partial charge < -0.3 is 13.9 Å². The Morgan fingerprint density at radius 3 is 1.20 bits per heavy atom. The minimum absolute atomic E-state index is 0. The van der Waals surface area contributed by atoms with Crippen LogP contribution in [0.25, 0.3) is 0 Å². The van der Waals surface area contributed by atoms with Crippen molar-refractivity contribution in [3.63, 3.8) is 0 Å². The summed E-state index contributed by atoms with van der Waals surface area (Å²) < 4.78 is 25.5. The predicted octanol–water partition coefficient (Wildman–Crippen LogP) is 6.77. The molecule has 0 saturated carbocycles. The van der Waals surface area contributed by atoms with Crippen LogP contribution in [-0.2, 0) is 32.6 Å². The number of rotatable bonds is 4. The molecule has 1 aliphatic rings. The molecular weight excluding hydrogens is 570 g/mol. The van der Waals surface area contributed by atoms with Crippen LogP contribution >= 0.6 is 7.82 Å². The third-order valence-electron chi connectivity index (χ3n) is 9.17. The minimum Gasteiger partial charge on any atom is -0.736 e. The van der Waals surface area contributed by atoms with Gasteiger partial charge in [-0.25, -0.2) is 4.57 Å². The van der Waals surface area contributed by atoms with Gasteiger partial charge in [0.25, 0.3) is 0 Å². The zero-order valence-electron chi connectivity index (χ0n) is 28.9. The normalized spacial score (nSPS) is 14.9. The second kappa shape index (κ2) is 12.1. The van der Waals surface area contributed by atoms with Gasteiger partial charge in [0.2, 0.25) is 0 Å². The Morgan fingerprint density at radius 2 is 0.889 bits per heavy atom. The van der Waals surface area contributed by atoms with Crippen molar-refractivity contribution in [2.24, 2.45) is 0 Å². The van der Waals surface area contributed by atoms with Crippen molar-refractivity contribution < 1.29 is 37.4 Å². The molecule has 0 aliphatic carbocycles. The van der Waals surface area contributed by atoms with Crippen LogP contribution in [0.15, 0.2) is 84.9 Å². The van der Waals surface area contributed by atoms with Crippen molar-refractivity contribution in [3.05, 3.63) is 129 Å². The van der Waals surface area contributed by atoms with Crippen molar-refractivity contribution >= 4 is 7.82 Å². The molecule has 0 aromatic heterocycles. The largest absolute Gasteiger partial charge is 1.00 e. The average molecular weight is 617 g/mol. The molecule has 6 heteroatoms. The summed E-state index contributed by atoms with van der Waals surface area (Å²) in [6.45, 7) is 21.4. The number of fused-ring (bicyclic) bond motifs is 2. The number of benzene rings is 4. The van der Waals surface area contributed by atoms with Crippen molar-refractivity contribution in [1.29, 1.82) is 0 Å². The van der Waals surface area contributed by atoms with Gasteiger partial charge in [0.15, 0.2) is 0 Å². The van der Waals surface area contributed by atoms with Gasteiger partial charge in [0.05, 0.1) is 0 Å². The van der Waals surface area contributed by atoms with E-state index in [1.54, 1.807) is 0 Å². The minimum atomic E-state index is -4.79. The van der Waals surface area contributed by atoms with Crippen LogP contribution in [0, 0.1) is 0 Å². The van der Waals surface area contributed by atoms with Gasteiger partial charge in [-0.1, -0.05) is 154 Å². The van der Waals surface area contributed by atoms with Gasteiger partial charge in [0.1, 0.15) is 11.5 Å². The van der Waals surface area contributed by atoms with E-state index in [1.807, 2.05) is 12.1 Å². The van der Waals surface area contributed by atoms with E-state index in [2.05, 4.69) is 142 Å².